The minimum absolute atomic E-state index is 0.224. The van der Waals surface area contributed by atoms with Crippen LogP contribution in [0.4, 0.5) is 0 Å². The molecule has 0 radical (unpaired) electrons. The van der Waals surface area contributed by atoms with Gasteiger partial charge in [0.2, 0.25) is 0 Å². The quantitative estimate of drug-likeness (QED) is 0.915. The fourth-order valence-corrected chi connectivity index (χ4v) is 2.72. The molecule has 1 aliphatic carbocycles. The molecular formula is C15H20N4O. The summed E-state index contributed by atoms with van der Waals surface area (Å²) in [7, 11) is 0. The summed E-state index contributed by atoms with van der Waals surface area (Å²) < 4.78 is 0. The Bertz CT molecular complexity index is 529. The van der Waals surface area contributed by atoms with Gasteiger partial charge in [-0.1, -0.05) is 19.3 Å². The summed E-state index contributed by atoms with van der Waals surface area (Å²) in [5.74, 6) is 0.0477. The molecule has 1 aromatic rings. The van der Waals surface area contributed by atoms with Crippen LogP contribution in [0.25, 0.3) is 0 Å². The van der Waals surface area contributed by atoms with Crippen molar-refractivity contribution in [1.82, 2.24) is 15.5 Å². The molecule has 1 unspecified atom stereocenters. The lowest BCUT2D eigenvalue weighted by Gasteiger charge is -2.26. The molecule has 0 spiro atoms. The van der Waals surface area contributed by atoms with Gasteiger partial charge in [0.15, 0.2) is 0 Å². The van der Waals surface area contributed by atoms with Gasteiger partial charge >= 0.3 is 0 Å². The van der Waals surface area contributed by atoms with Crippen LogP contribution < -0.4 is 5.32 Å². The van der Waals surface area contributed by atoms with Crippen LogP contribution in [0.15, 0.2) is 6.07 Å². The van der Waals surface area contributed by atoms with Gasteiger partial charge in [-0.2, -0.15) is 15.5 Å². The molecule has 1 fully saturated rings. The maximum absolute atomic E-state index is 12.3. The van der Waals surface area contributed by atoms with Crippen molar-refractivity contribution in [2.45, 2.75) is 52.0 Å². The molecule has 5 heteroatoms. The fourth-order valence-electron chi connectivity index (χ4n) is 2.72. The summed E-state index contributed by atoms with van der Waals surface area (Å²) in [6, 6.07) is 3.55. The number of carbonyl (C=O) groups is 1. The van der Waals surface area contributed by atoms with Crippen molar-refractivity contribution in [3.05, 3.63) is 23.0 Å². The van der Waals surface area contributed by atoms with E-state index in [1.165, 1.54) is 6.42 Å². The lowest BCUT2D eigenvalue weighted by molar-refractivity contribution is 0.0927. The van der Waals surface area contributed by atoms with Gasteiger partial charge in [-0.3, -0.25) is 4.79 Å². The highest BCUT2D eigenvalue weighted by molar-refractivity contribution is 5.95. The zero-order valence-corrected chi connectivity index (χ0v) is 12.0. The van der Waals surface area contributed by atoms with E-state index in [2.05, 4.69) is 21.6 Å². The summed E-state index contributed by atoms with van der Waals surface area (Å²) in [5, 5.41) is 20.0. The van der Waals surface area contributed by atoms with Gasteiger partial charge < -0.3 is 5.32 Å². The molecule has 1 heterocycles. The number of nitrogens with zero attached hydrogens (tertiary/aromatic N) is 3. The highest BCUT2D eigenvalue weighted by atomic mass is 16.1. The van der Waals surface area contributed by atoms with Crippen LogP contribution in [0.1, 0.15) is 53.8 Å². The molecule has 1 N–H and O–H groups in total. The van der Waals surface area contributed by atoms with Crippen molar-refractivity contribution in [3.63, 3.8) is 0 Å². The van der Waals surface area contributed by atoms with Crippen molar-refractivity contribution in [2.24, 2.45) is 5.92 Å². The Morgan fingerprint density at radius 3 is 2.70 bits per heavy atom. The topological polar surface area (TPSA) is 78.7 Å². The summed E-state index contributed by atoms with van der Waals surface area (Å²) in [4.78, 5) is 12.3. The Morgan fingerprint density at radius 1 is 1.35 bits per heavy atom. The lowest BCUT2D eigenvalue weighted by Crippen LogP contribution is -2.40. The first-order chi connectivity index (χ1) is 9.61. The van der Waals surface area contributed by atoms with Crippen LogP contribution in [0.3, 0.4) is 0 Å². The Hall–Kier alpha value is -1.96. The van der Waals surface area contributed by atoms with E-state index in [9.17, 15) is 10.1 Å². The number of nitrogens with one attached hydrogen (secondary N) is 1. The largest absolute Gasteiger partial charge is 0.336 e. The summed E-state index contributed by atoms with van der Waals surface area (Å²) in [5.41, 5.74) is 1.80. The monoisotopic (exact) mass is 272 g/mol. The van der Waals surface area contributed by atoms with E-state index in [-0.39, 0.29) is 11.8 Å². The maximum Gasteiger partial charge on any atom is 0.254 e. The van der Waals surface area contributed by atoms with Crippen LogP contribution >= 0.6 is 0 Å². The van der Waals surface area contributed by atoms with Crippen LogP contribution in [0, 0.1) is 31.1 Å². The Morgan fingerprint density at radius 2 is 2.05 bits per heavy atom. The molecule has 2 rings (SSSR count). The molecule has 0 aliphatic heterocycles. The molecule has 0 bridgehead atoms. The number of carbonyl (C=O) groups excluding carboxylic acids is 1. The zero-order valence-electron chi connectivity index (χ0n) is 12.0. The first-order valence-electron chi connectivity index (χ1n) is 7.13. The third-order valence-corrected chi connectivity index (χ3v) is 3.89. The zero-order chi connectivity index (χ0) is 14.5. The summed E-state index contributed by atoms with van der Waals surface area (Å²) in [6.45, 7) is 3.55. The van der Waals surface area contributed by atoms with Gasteiger partial charge in [-0.05, 0) is 38.7 Å². The van der Waals surface area contributed by atoms with E-state index in [1.807, 2.05) is 0 Å². The van der Waals surface area contributed by atoms with Gasteiger partial charge in [0.05, 0.1) is 23.0 Å². The molecule has 0 saturated heterocycles. The Kier molecular flexibility index (Phi) is 4.67. The lowest BCUT2D eigenvalue weighted by atomic mass is 9.84. The second-order valence-corrected chi connectivity index (χ2v) is 5.46. The van der Waals surface area contributed by atoms with Crippen LogP contribution in [-0.2, 0) is 0 Å². The average molecular weight is 272 g/mol. The Balaban J connectivity index is 2.09. The van der Waals surface area contributed by atoms with E-state index in [1.54, 1.807) is 19.9 Å². The van der Waals surface area contributed by atoms with Gasteiger partial charge in [-0.25, -0.2) is 0 Å². The number of aromatic nitrogens is 2. The van der Waals surface area contributed by atoms with Crippen molar-refractivity contribution in [1.29, 1.82) is 5.26 Å². The molecular weight excluding hydrogens is 252 g/mol. The van der Waals surface area contributed by atoms with Gasteiger partial charge in [0, 0.05) is 0 Å². The standard InChI is InChI=1S/C15H20N4O/c1-10-8-13(11(2)19-18-10)15(20)17-14(9-16)12-6-4-3-5-7-12/h8,12,14H,3-7H2,1-2H3,(H,17,20). The summed E-state index contributed by atoms with van der Waals surface area (Å²) in [6.07, 6.45) is 5.56. The first-order valence-corrected chi connectivity index (χ1v) is 7.13. The minimum Gasteiger partial charge on any atom is -0.336 e. The number of hydrogen-bond donors (Lipinski definition) is 1. The van der Waals surface area contributed by atoms with Gasteiger partial charge in [0.1, 0.15) is 6.04 Å². The number of amides is 1. The number of nitriles is 1. The van der Waals surface area contributed by atoms with E-state index in [4.69, 9.17) is 0 Å². The second kappa shape index (κ2) is 6.47. The van der Waals surface area contributed by atoms with Gasteiger partial charge in [0.25, 0.3) is 5.91 Å². The number of hydrogen-bond acceptors (Lipinski definition) is 4. The molecule has 1 saturated carbocycles. The predicted molar refractivity (Wildman–Crippen MR) is 74.9 cm³/mol. The van der Waals surface area contributed by atoms with Gasteiger partial charge in [-0.15, -0.1) is 0 Å². The molecule has 20 heavy (non-hydrogen) atoms. The second-order valence-electron chi connectivity index (χ2n) is 5.46. The van der Waals surface area contributed by atoms with Crippen LogP contribution in [0.2, 0.25) is 0 Å². The maximum atomic E-state index is 12.3. The highest BCUT2D eigenvalue weighted by Crippen LogP contribution is 2.26. The molecule has 5 nitrogen and oxygen atoms in total. The minimum atomic E-state index is -0.407. The van der Waals surface area contributed by atoms with Crippen molar-refractivity contribution in [3.8, 4) is 6.07 Å². The molecule has 0 aromatic carbocycles. The van der Waals surface area contributed by atoms with E-state index in [0.29, 0.717) is 17.0 Å². The molecule has 1 amide bonds. The number of rotatable bonds is 3. The summed E-state index contributed by atoms with van der Waals surface area (Å²) >= 11 is 0. The van der Waals surface area contributed by atoms with Crippen molar-refractivity contribution >= 4 is 5.91 Å². The smallest absolute Gasteiger partial charge is 0.254 e. The van der Waals surface area contributed by atoms with E-state index < -0.39 is 6.04 Å². The molecule has 1 aromatic heterocycles. The average Bonchev–Trinajstić information content (AvgIpc) is 2.48. The number of aryl methyl sites for hydroxylation is 2. The first kappa shape index (κ1) is 14.4. The van der Waals surface area contributed by atoms with Crippen molar-refractivity contribution in [2.75, 3.05) is 0 Å². The normalized spacial score (nSPS) is 17.2. The van der Waals surface area contributed by atoms with E-state index in [0.717, 1.165) is 25.7 Å². The molecule has 106 valence electrons. The Labute approximate surface area is 119 Å². The highest BCUT2D eigenvalue weighted by Gasteiger charge is 2.25. The van der Waals surface area contributed by atoms with Crippen molar-refractivity contribution < 1.29 is 4.79 Å². The fraction of sp³-hybridized carbons (Fsp3) is 0.600. The molecule has 1 atom stereocenters. The van der Waals surface area contributed by atoms with E-state index >= 15 is 0 Å². The third-order valence-electron chi connectivity index (χ3n) is 3.89. The predicted octanol–water partition coefficient (Wildman–Crippen LogP) is 2.30. The molecule has 1 aliphatic rings. The van der Waals surface area contributed by atoms with Crippen LogP contribution in [0.5, 0.6) is 0 Å². The third kappa shape index (κ3) is 3.32. The SMILES string of the molecule is Cc1cc(C(=O)NC(C#N)C2CCCCC2)c(C)nn1. The van der Waals surface area contributed by atoms with Crippen LogP contribution in [-0.4, -0.2) is 22.1 Å².